The molecule has 2 aromatic carbocycles. The zero-order valence-corrected chi connectivity index (χ0v) is 14.0. The van der Waals surface area contributed by atoms with Crippen molar-refractivity contribution in [2.24, 2.45) is 0 Å². The van der Waals surface area contributed by atoms with Gasteiger partial charge in [-0.05, 0) is 17.5 Å². The van der Waals surface area contributed by atoms with Gasteiger partial charge in [0.25, 0.3) is 0 Å². The van der Waals surface area contributed by atoms with E-state index in [0.717, 1.165) is 17.2 Å². The van der Waals surface area contributed by atoms with Crippen molar-refractivity contribution < 1.29 is 13.5 Å². The molecule has 0 aliphatic rings. The lowest BCUT2D eigenvalue weighted by molar-refractivity contribution is 0.399. The first-order chi connectivity index (χ1) is 9.75. The number of rotatable bonds is 2. The molecule has 2 aromatic rings. The Balaban J connectivity index is 2.73. The van der Waals surface area contributed by atoms with E-state index in [1.807, 2.05) is 18.2 Å². The van der Waals surface area contributed by atoms with E-state index in [9.17, 15) is 8.78 Å². The van der Waals surface area contributed by atoms with E-state index in [2.05, 4.69) is 36.7 Å². The summed E-state index contributed by atoms with van der Waals surface area (Å²) in [6.45, 7) is 6.23. The highest BCUT2D eigenvalue weighted by Crippen LogP contribution is 2.41. The second-order valence-corrected chi connectivity index (χ2v) is 6.74. The number of halogens is 3. The number of para-hydroxylation sites is 1. The van der Waals surface area contributed by atoms with Crippen molar-refractivity contribution in [3.8, 4) is 16.9 Å². The van der Waals surface area contributed by atoms with Crippen LogP contribution in [0.1, 0.15) is 26.3 Å². The second-order valence-electron chi connectivity index (χ2n) is 5.88. The van der Waals surface area contributed by atoms with Gasteiger partial charge in [-0.15, -0.1) is 0 Å². The third-order valence-corrected chi connectivity index (χ3v) is 3.98. The minimum Gasteiger partial charge on any atom is -0.496 e. The molecule has 0 saturated carbocycles. The molecule has 0 fully saturated rings. The highest BCUT2D eigenvalue weighted by molar-refractivity contribution is 9.10. The van der Waals surface area contributed by atoms with Crippen molar-refractivity contribution in [3.63, 3.8) is 0 Å². The first-order valence-corrected chi connectivity index (χ1v) is 7.37. The molecule has 0 aliphatic heterocycles. The molecule has 0 aromatic heterocycles. The molecule has 0 saturated heterocycles. The monoisotopic (exact) mass is 354 g/mol. The predicted octanol–water partition coefficient (Wildman–Crippen LogP) is 5.70. The van der Waals surface area contributed by atoms with Gasteiger partial charge in [-0.1, -0.05) is 54.9 Å². The standard InChI is InChI=1S/C17H17BrF2O/c1-17(2,3)12-7-5-6-10(16(12)21-4)11-8-14(19)15(20)9-13(11)18/h5-9H,1-4H3. The summed E-state index contributed by atoms with van der Waals surface area (Å²) < 4.78 is 32.9. The van der Waals surface area contributed by atoms with Crippen molar-refractivity contribution in [3.05, 3.63) is 52.0 Å². The normalized spacial score (nSPS) is 11.6. The van der Waals surface area contributed by atoms with E-state index >= 15 is 0 Å². The maximum atomic E-state index is 13.6. The lowest BCUT2D eigenvalue weighted by atomic mass is 9.84. The predicted molar refractivity (Wildman–Crippen MR) is 84.7 cm³/mol. The van der Waals surface area contributed by atoms with E-state index in [1.54, 1.807) is 7.11 Å². The van der Waals surface area contributed by atoms with Gasteiger partial charge < -0.3 is 4.74 Å². The molecule has 0 heterocycles. The number of hydrogen-bond donors (Lipinski definition) is 0. The zero-order chi connectivity index (χ0) is 15.8. The molecule has 4 heteroatoms. The van der Waals surface area contributed by atoms with Gasteiger partial charge in [0.1, 0.15) is 5.75 Å². The summed E-state index contributed by atoms with van der Waals surface area (Å²) in [6, 6.07) is 8.03. The highest BCUT2D eigenvalue weighted by atomic mass is 79.9. The summed E-state index contributed by atoms with van der Waals surface area (Å²) in [7, 11) is 1.59. The largest absolute Gasteiger partial charge is 0.496 e. The zero-order valence-electron chi connectivity index (χ0n) is 12.4. The van der Waals surface area contributed by atoms with E-state index in [-0.39, 0.29) is 5.41 Å². The quantitative estimate of drug-likeness (QED) is 0.628. The van der Waals surface area contributed by atoms with Crippen molar-refractivity contribution in [1.29, 1.82) is 0 Å². The van der Waals surface area contributed by atoms with Crippen molar-refractivity contribution >= 4 is 15.9 Å². The molecular formula is C17H17BrF2O. The van der Waals surface area contributed by atoms with Gasteiger partial charge in [0.15, 0.2) is 11.6 Å². The van der Waals surface area contributed by atoms with Crippen LogP contribution in [0, 0.1) is 11.6 Å². The van der Waals surface area contributed by atoms with Crippen LogP contribution in [-0.2, 0) is 5.41 Å². The highest BCUT2D eigenvalue weighted by Gasteiger charge is 2.22. The smallest absolute Gasteiger partial charge is 0.159 e. The van der Waals surface area contributed by atoms with Crippen LogP contribution in [0.2, 0.25) is 0 Å². The molecule has 112 valence electrons. The Morgan fingerprint density at radius 2 is 1.62 bits per heavy atom. The Morgan fingerprint density at radius 3 is 2.19 bits per heavy atom. The fourth-order valence-corrected chi connectivity index (χ4v) is 2.82. The Morgan fingerprint density at radius 1 is 1.00 bits per heavy atom. The lowest BCUT2D eigenvalue weighted by Gasteiger charge is -2.24. The molecule has 0 amide bonds. The van der Waals surface area contributed by atoms with Gasteiger partial charge in [0, 0.05) is 21.2 Å². The summed E-state index contributed by atoms with van der Waals surface area (Å²) in [5.74, 6) is -1.08. The van der Waals surface area contributed by atoms with Gasteiger partial charge in [-0.25, -0.2) is 8.78 Å². The fourth-order valence-electron chi connectivity index (χ4n) is 2.29. The Bertz CT molecular complexity index is 675. The first kappa shape index (κ1) is 16.0. The topological polar surface area (TPSA) is 9.23 Å². The minimum absolute atomic E-state index is 0.119. The van der Waals surface area contributed by atoms with Crippen LogP contribution in [0.4, 0.5) is 8.78 Å². The van der Waals surface area contributed by atoms with Gasteiger partial charge in [-0.3, -0.25) is 0 Å². The molecule has 2 rings (SSSR count). The summed E-state index contributed by atoms with van der Waals surface area (Å²) >= 11 is 3.29. The van der Waals surface area contributed by atoms with Gasteiger partial charge in [0.2, 0.25) is 0 Å². The SMILES string of the molecule is COc1c(-c2cc(F)c(F)cc2Br)cccc1C(C)(C)C. The Kier molecular flexibility index (Phi) is 4.38. The number of ether oxygens (including phenoxy) is 1. The number of methoxy groups -OCH3 is 1. The molecule has 0 bridgehead atoms. The molecule has 0 spiro atoms. The van der Waals surface area contributed by atoms with E-state index in [1.165, 1.54) is 6.07 Å². The second kappa shape index (κ2) is 5.76. The molecule has 0 aliphatic carbocycles. The van der Waals surface area contributed by atoms with Crippen molar-refractivity contribution in [1.82, 2.24) is 0 Å². The molecule has 0 radical (unpaired) electrons. The van der Waals surface area contributed by atoms with Crippen molar-refractivity contribution in [2.45, 2.75) is 26.2 Å². The molecule has 0 atom stereocenters. The average Bonchev–Trinajstić information content (AvgIpc) is 2.41. The molecule has 0 N–H and O–H groups in total. The van der Waals surface area contributed by atoms with Gasteiger partial charge in [0.05, 0.1) is 7.11 Å². The lowest BCUT2D eigenvalue weighted by Crippen LogP contribution is -2.13. The maximum absolute atomic E-state index is 13.6. The summed E-state index contributed by atoms with van der Waals surface area (Å²) in [5, 5.41) is 0. The molecule has 0 unspecified atom stereocenters. The summed E-state index contributed by atoms with van der Waals surface area (Å²) in [6.07, 6.45) is 0. The Labute approximate surface area is 132 Å². The maximum Gasteiger partial charge on any atom is 0.159 e. The molecule has 1 nitrogen and oxygen atoms in total. The van der Waals surface area contributed by atoms with Crippen LogP contribution in [0.5, 0.6) is 5.75 Å². The van der Waals surface area contributed by atoms with E-state index < -0.39 is 11.6 Å². The fraction of sp³-hybridized carbons (Fsp3) is 0.294. The third kappa shape index (κ3) is 3.10. The van der Waals surface area contributed by atoms with Gasteiger partial charge in [-0.2, -0.15) is 0 Å². The van der Waals surface area contributed by atoms with Crippen LogP contribution < -0.4 is 4.74 Å². The summed E-state index contributed by atoms with van der Waals surface area (Å²) in [4.78, 5) is 0. The third-order valence-electron chi connectivity index (χ3n) is 3.33. The van der Waals surface area contributed by atoms with Crippen LogP contribution in [0.25, 0.3) is 11.1 Å². The van der Waals surface area contributed by atoms with Crippen LogP contribution >= 0.6 is 15.9 Å². The molecular weight excluding hydrogens is 338 g/mol. The van der Waals surface area contributed by atoms with Crippen molar-refractivity contribution in [2.75, 3.05) is 7.11 Å². The number of benzene rings is 2. The van der Waals surface area contributed by atoms with Crippen LogP contribution in [0.3, 0.4) is 0 Å². The Hall–Kier alpha value is -1.42. The minimum atomic E-state index is -0.878. The van der Waals surface area contributed by atoms with E-state index in [4.69, 9.17) is 4.74 Å². The van der Waals surface area contributed by atoms with E-state index in [0.29, 0.717) is 15.8 Å². The average molecular weight is 355 g/mol. The molecule has 21 heavy (non-hydrogen) atoms. The van der Waals surface area contributed by atoms with Crippen LogP contribution in [0.15, 0.2) is 34.8 Å². The number of hydrogen-bond acceptors (Lipinski definition) is 1. The first-order valence-electron chi connectivity index (χ1n) is 6.58. The van der Waals surface area contributed by atoms with Gasteiger partial charge >= 0.3 is 0 Å². The summed E-state index contributed by atoms with van der Waals surface area (Å²) in [5.41, 5.74) is 2.19. The van der Waals surface area contributed by atoms with Crippen LogP contribution in [-0.4, -0.2) is 7.11 Å².